The SMILES string of the molecule is N#C[C@@]12C(N)=[NH+]C3(OCCO3)[C@]1(C#N)[C@H]2c1cccs1. The van der Waals surface area contributed by atoms with E-state index in [-0.39, 0.29) is 11.8 Å². The van der Waals surface area contributed by atoms with Crippen molar-refractivity contribution in [1.29, 1.82) is 10.5 Å². The number of nitrogens with one attached hydrogen (secondary N) is 1. The molecule has 1 aliphatic carbocycles. The molecule has 1 aromatic rings. The van der Waals surface area contributed by atoms with Crippen molar-refractivity contribution in [3.8, 4) is 12.1 Å². The van der Waals surface area contributed by atoms with Gasteiger partial charge in [-0.2, -0.15) is 10.5 Å². The Morgan fingerprint density at radius 2 is 2.10 bits per heavy atom. The Hall–Kier alpha value is -1.93. The number of hydrogen-bond acceptors (Lipinski definition) is 6. The van der Waals surface area contributed by atoms with Crippen molar-refractivity contribution in [2.75, 3.05) is 13.2 Å². The molecule has 1 aromatic heterocycles. The number of fused-ring (bicyclic) bond motifs is 2. The number of nitrogens with two attached hydrogens (primary N) is 1. The monoisotopic (exact) mass is 287 g/mol. The fraction of sp³-hybridized carbons (Fsp3) is 0.462. The van der Waals surface area contributed by atoms with Gasteiger partial charge in [-0.1, -0.05) is 6.07 Å². The van der Waals surface area contributed by atoms with E-state index in [0.717, 1.165) is 4.88 Å². The number of rotatable bonds is 1. The molecule has 3 aliphatic rings. The number of nitriles is 2. The zero-order valence-electron chi connectivity index (χ0n) is 10.4. The second kappa shape index (κ2) is 3.39. The van der Waals surface area contributed by atoms with Crippen molar-refractivity contribution in [2.24, 2.45) is 16.6 Å². The van der Waals surface area contributed by atoms with E-state index in [1.54, 1.807) is 0 Å². The van der Waals surface area contributed by atoms with Crippen molar-refractivity contribution in [2.45, 2.75) is 11.8 Å². The molecule has 2 aliphatic heterocycles. The lowest BCUT2D eigenvalue weighted by molar-refractivity contribution is -0.676. The molecule has 100 valence electrons. The molecule has 0 bridgehead atoms. The van der Waals surface area contributed by atoms with Crippen LogP contribution in [-0.4, -0.2) is 25.0 Å². The normalized spacial score (nSPS) is 39.9. The lowest BCUT2D eigenvalue weighted by atomic mass is 9.94. The Balaban J connectivity index is 1.96. The molecule has 3 N–H and O–H groups in total. The van der Waals surface area contributed by atoms with Gasteiger partial charge in [0.1, 0.15) is 0 Å². The summed E-state index contributed by atoms with van der Waals surface area (Å²) >= 11 is 1.51. The molecule has 0 amide bonds. The number of amidine groups is 1. The maximum absolute atomic E-state index is 9.81. The van der Waals surface area contributed by atoms with Gasteiger partial charge in [0.05, 0.1) is 31.3 Å². The third kappa shape index (κ3) is 0.917. The van der Waals surface area contributed by atoms with Crippen LogP contribution in [0.15, 0.2) is 17.5 Å². The molecular formula is C13H11N4O2S+. The molecule has 1 spiro atoms. The molecule has 0 unspecified atom stereocenters. The molecular weight excluding hydrogens is 276 g/mol. The summed E-state index contributed by atoms with van der Waals surface area (Å²) in [4.78, 5) is 3.87. The van der Waals surface area contributed by atoms with Crippen LogP contribution in [0.1, 0.15) is 10.8 Å². The van der Waals surface area contributed by atoms with Gasteiger partial charge >= 0.3 is 5.91 Å². The lowest BCUT2D eigenvalue weighted by Gasteiger charge is -2.22. The highest BCUT2D eigenvalue weighted by molar-refractivity contribution is 7.10. The summed E-state index contributed by atoms with van der Waals surface area (Å²) in [5.41, 5.74) is 3.84. The van der Waals surface area contributed by atoms with Gasteiger partial charge in [-0.25, -0.2) is 4.99 Å². The predicted molar refractivity (Wildman–Crippen MR) is 67.9 cm³/mol. The van der Waals surface area contributed by atoms with Crippen LogP contribution in [0.25, 0.3) is 0 Å². The average molecular weight is 287 g/mol. The Morgan fingerprint density at radius 1 is 1.35 bits per heavy atom. The van der Waals surface area contributed by atoms with Crippen molar-refractivity contribution in [3.63, 3.8) is 0 Å². The van der Waals surface area contributed by atoms with Crippen LogP contribution in [0.2, 0.25) is 0 Å². The number of thiophene rings is 1. The molecule has 3 heterocycles. The second-order valence-corrected chi connectivity index (χ2v) is 6.12. The third-order valence-electron chi connectivity index (χ3n) is 4.52. The molecule has 1 saturated heterocycles. The van der Waals surface area contributed by atoms with Gasteiger partial charge in [-0.3, -0.25) is 5.73 Å². The highest BCUT2D eigenvalue weighted by Crippen LogP contribution is 2.79. The second-order valence-electron chi connectivity index (χ2n) is 5.14. The zero-order chi connectivity index (χ0) is 14.0. The minimum Gasteiger partial charge on any atom is -0.311 e. The highest BCUT2D eigenvalue weighted by Gasteiger charge is 2.97. The van der Waals surface area contributed by atoms with E-state index < -0.39 is 16.7 Å². The zero-order valence-corrected chi connectivity index (χ0v) is 11.2. The molecule has 0 radical (unpaired) electrons. The predicted octanol–water partition coefficient (Wildman–Crippen LogP) is -0.983. The Bertz CT molecular complexity index is 695. The van der Waals surface area contributed by atoms with E-state index in [1.165, 1.54) is 11.3 Å². The van der Waals surface area contributed by atoms with Gasteiger partial charge in [0, 0.05) is 4.88 Å². The van der Waals surface area contributed by atoms with Crippen LogP contribution in [0.3, 0.4) is 0 Å². The third-order valence-corrected chi connectivity index (χ3v) is 5.46. The van der Waals surface area contributed by atoms with Crippen molar-refractivity contribution in [1.82, 2.24) is 0 Å². The van der Waals surface area contributed by atoms with Gasteiger partial charge in [-0.15, -0.1) is 11.3 Å². The summed E-state index contributed by atoms with van der Waals surface area (Å²) in [6, 6.07) is 8.34. The van der Waals surface area contributed by atoms with E-state index >= 15 is 0 Å². The molecule has 4 rings (SSSR count). The van der Waals surface area contributed by atoms with E-state index in [9.17, 15) is 10.5 Å². The summed E-state index contributed by atoms with van der Waals surface area (Å²) in [5, 5.41) is 21.4. The average Bonchev–Trinajstić information content (AvgIpc) is 2.93. The Morgan fingerprint density at radius 3 is 2.65 bits per heavy atom. The van der Waals surface area contributed by atoms with Gasteiger partial charge in [0.25, 0.3) is 5.84 Å². The van der Waals surface area contributed by atoms with Crippen LogP contribution in [0.5, 0.6) is 0 Å². The highest BCUT2D eigenvalue weighted by atomic mass is 32.1. The Labute approximate surface area is 119 Å². The standard InChI is InChI=1S/C13H10N4O2S/c14-6-11-9(8-2-1-5-20-8)12(11,7-15)13(17-10(11)16)18-3-4-19-13/h1-2,5,9H,3-4H2,(H2,16,17)/p+1/t9-,11+,12+/m0/s1. The summed E-state index contributed by atoms with van der Waals surface area (Å²) < 4.78 is 11.3. The fourth-order valence-electron chi connectivity index (χ4n) is 3.70. The van der Waals surface area contributed by atoms with E-state index in [2.05, 4.69) is 17.1 Å². The van der Waals surface area contributed by atoms with E-state index in [0.29, 0.717) is 13.2 Å². The van der Waals surface area contributed by atoms with Crippen molar-refractivity contribution < 1.29 is 14.5 Å². The summed E-state index contributed by atoms with van der Waals surface area (Å²) in [5.74, 6) is -1.35. The smallest absolute Gasteiger partial charge is 0.311 e. The number of hydrogen-bond donors (Lipinski definition) is 2. The first kappa shape index (κ1) is 11.9. The minimum absolute atomic E-state index is 0.266. The number of ether oxygens (including phenoxy) is 2. The van der Waals surface area contributed by atoms with Crippen LogP contribution in [-0.2, 0) is 9.47 Å². The largest absolute Gasteiger partial charge is 0.343 e. The fourth-order valence-corrected chi connectivity index (χ4v) is 4.66. The molecule has 0 aromatic carbocycles. The molecule has 7 heteroatoms. The van der Waals surface area contributed by atoms with Crippen LogP contribution in [0.4, 0.5) is 0 Å². The first-order valence-corrected chi connectivity index (χ1v) is 7.11. The van der Waals surface area contributed by atoms with Crippen LogP contribution < -0.4 is 10.7 Å². The van der Waals surface area contributed by atoms with Gasteiger partial charge < -0.3 is 9.47 Å². The lowest BCUT2D eigenvalue weighted by Crippen LogP contribution is -2.89. The molecule has 6 nitrogen and oxygen atoms in total. The summed E-state index contributed by atoms with van der Waals surface area (Å²) in [7, 11) is 0. The maximum atomic E-state index is 9.81. The quantitative estimate of drug-likeness (QED) is 0.690. The minimum atomic E-state index is -1.30. The topological polar surface area (TPSA) is 106 Å². The van der Waals surface area contributed by atoms with Gasteiger partial charge in [0.15, 0.2) is 10.8 Å². The Kier molecular flexibility index (Phi) is 2.01. The van der Waals surface area contributed by atoms with Crippen LogP contribution in [0, 0.1) is 33.5 Å². The first-order chi connectivity index (χ1) is 9.68. The maximum Gasteiger partial charge on any atom is 0.343 e. The van der Waals surface area contributed by atoms with Crippen molar-refractivity contribution >= 4 is 17.2 Å². The van der Waals surface area contributed by atoms with Gasteiger partial charge in [0.2, 0.25) is 0 Å². The van der Waals surface area contributed by atoms with E-state index in [1.807, 2.05) is 17.5 Å². The number of nitrogens with zero attached hydrogens (tertiary/aromatic N) is 2. The van der Waals surface area contributed by atoms with Crippen LogP contribution >= 0.6 is 11.3 Å². The molecule has 1 saturated carbocycles. The molecule has 20 heavy (non-hydrogen) atoms. The summed E-state index contributed by atoms with van der Waals surface area (Å²) in [6.07, 6.45) is 0. The molecule has 3 atom stereocenters. The molecule has 2 fully saturated rings. The first-order valence-electron chi connectivity index (χ1n) is 6.23. The van der Waals surface area contributed by atoms with E-state index in [4.69, 9.17) is 15.2 Å². The summed E-state index contributed by atoms with van der Waals surface area (Å²) in [6.45, 7) is 0.755. The van der Waals surface area contributed by atoms with Gasteiger partial charge in [-0.05, 0) is 11.4 Å². The van der Waals surface area contributed by atoms with Crippen molar-refractivity contribution in [3.05, 3.63) is 22.4 Å².